The lowest BCUT2D eigenvalue weighted by Crippen LogP contribution is -2.41. The standard InChI is InChI=1S/C25H23ClN4O5/c1-14-21-18(27-28-23(31)15-10-12-16(26)13-11-15)7-5-9-20(21)35-22(14)25(33)30-29-24(32)17-6-3-4-8-19(17)34-2/h3-4,6,8,10-13H,5,7,9H2,1-2H3,(H,28,31)(H,29,32)(H,30,33)/b27-18+. The van der Waals surface area contributed by atoms with Crippen molar-refractivity contribution in [1.29, 1.82) is 0 Å². The summed E-state index contributed by atoms with van der Waals surface area (Å²) in [7, 11) is 1.46. The lowest BCUT2D eigenvalue weighted by molar-refractivity contribution is 0.0827. The maximum Gasteiger partial charge on any atom is 0.305 e. The Morgan fingerprint density at radius 3 is 2.43 bits per heavy atom. The second kappa shape index (κ2) is 10.4. The van der Waals surface area contributed by atoms with Crippen molar-refractivity contribution in [2.75, 3.05) is 7.11 Å². The first-order valence-electron chi connectivity index (χ1n) is 10.9. The molecule has 1 aliphatic carbocycles. The number of halogens is 1. The summed E-state index contributed by atoms with van der Waals surface area (Å²) in [5.74, 6) is -0.463. The highest BCUT2D eigenvalue weighted by Crippen LogP contribution is 2.30. The van der Waals surface area contributed by atoms with Crippen LogP contribution in [0.1, 0.15) is 61.0 Å². The van der Waals surface area contributed by atoms with Crippen LogP contribution >= 0.6 is 11.6 Å². The van der Waals surface area contributed by atoms with E-state index in [4.69, 9.17) is 20.8 Å². The molecule has 0 unspecified atom stereocenters. The van der Waals surface area contributed by atoms with Gasteiger partial charge in [-0.3, -0.25) is 25.2 Å². The monoisotopic (exact) mass is 494 g/mol. The topological polar surface area (TPSA) is 122 Å². The number of nitrogens with zero attached hydrogens (tertiary/aromatic N) is 1. The van der Waals surface area contributed by atoms with Gasteiger partial charge < -0.3 is 9.15 Å². The van der Waals surface area contributed by atoms with Crippen molar-refractivity contribution in [2.45, 2.75) is 26.2 Å². The molecule has 3 aromatic rings. The molecule has 180 valence electrons. The molecule has 0 saturated carbocycles. The normalized spacial score (nSPS) is 13.6. The van der Waals surface area contributed by atoms with Crippen molar-refractivity contribution in [2.24, 2.45) is 5.10 Å². The minimum atomic E-state index is -0.607. The van der Waals surface area contributed by atoms with Crippen molar-refractivity contribution >= 4 is 35.0 Å². The number of methoxy groups -OCH3 is 1. The fourth-order valence-corrected chi connectivity index (χ4v) is 3.98. The van der Waals surface area contributed by atoms with Crippen LogP contribution in [0.4, 0.5) is 0 Å². The fourth-order valence-electron chi connectivity index (χ4n) is 3.85. The van der Waals surface area contributed by atoms with Gasteiger partial charge in [-0.1, -0.05) is 23.7 Å². The van der Waals surface area contributed by atoms with E-state index in [1.54, 1.807) is 55.5 Å². The van der Waals surface area contributed by atoms with Gasteiger partial charge in [-0.25, -0.2) is 5.43 Å². The molecule has 0 bridgehead atoms. The summed E-state index contributed by atoms with van der Waals surface area (Å²) in [6.07, 6.45) is 1.99. The van der Waals surface area contributed by atoms with Crippen LogP contribution < -0.4 is 21.0 Å². The van der Waals surface area contributed by atoms with Crippen LogP contribution in [-0.4, -0.2) is 30.5 Å². The molecule has 0 aliphatic heterocycles. The van der Waals surface area contributed by atoms with E-state index in [0.29, 0.717) is 51.8 Å². The number of carbonyl (C=O) groups is 3. The van der Waals surface area contributed by atoms with Crippen molar-refractivity contribution in [1.82, 2.24) is 16.3 Å². The van der Waals surface area contributed by atoms with Crippen LogP contribution in [0.5, 0.6) is 5.75 Å². The summed E-state index contributed by atoms with van der Waals surface area (Å²) in [5.41, 5.74) is 9.89. The Hall–Kier alpha value is -4.11. The number of ether oxygens (including phenoxy) is 1. The van der Waals surface area contributed by atoms with E-state index in [1.807, 2.05) is 0 Å². The Morgan fingerprint density at radius 2 is 1.69 bits per heavy atom. The lowest BCUT2D eigenvalue weighted by Gasteiger charge is -2.13. The average molecular weight is 495 g/mol. The maximum absolute atomic E-state index is 12.8. The molecule has 4 rings (SSSR count). The van der Waals surface area contributed by atoms with Crippen LogP contribution in [0.15, 0.2) is 58.0 Å². The van der Waals surface area contributed by atoms with Crippen LogP contribution in [0.3, 0.4) is 0 Å². The number of aryl methyl sites for hydroxylation is 1. The molecule has 10 heteroatoms. The molecule has 1 heterocycles. The van der Waals surface area contributed by atoms with E-state index in [1.165, 1.54) is 7.11 Å². The first-order valence-corrected chi connectivity index (χ1v) is 11.3. The van der Waals surface area contributed by atoms with Crippen molar-refractivity contribution < 1.29 is 23.5 Å². The number of hydrogen-bond acceptors (Lipinski definition) is 6. The highest BCUT2D eigenvalue weighted by molar-refractivity contribution is 6.30. The zero-order chi connectivity index (χ0) is 24.9. The van der Waals surface area contributed by atoms with Gasteiger partial charge in [0.15, 0.2) is 5.76 Å². The van der Waals surface area contributed by atoms with Gasteiger partial charge in [-0.2, -0.15) is 5.10 Å². The predicted molar refractivity (Wildman–Crippen MR) is 130 cm³/mol. The summed E-state index contributed by atoms with van der Waals surface area (Å²) in [6.45, 7) is 1.74. The van der Waals surface area contributed by atoms with E-state index in [-0.39, 0.29) is 17.2 Å². The number of carbonyl (C=O) groups excluding carboxylic acids is 3. The number of benzene rings is 2. The van der Waals surface area contributed by atoms with E-state index in [9.17, 15) is 14.4 Å². The molecule has 9 nitrogen and oxygen atoms in total. The molecule has 1 aliphatic rings. The molecule has 0 atom stereocenters. The zero-order valence-electron chi connectivity index (χ0n) is 19.1. The number of furan rings is 1. The van der Waals surface area contributed by atoms with E-state index in [0.717, 1.165) is 6.42 Å². The predicted octanol–water partition coefficient (Wildman–Crippen LogP) is 3.80. The van der Waals surface area contributed by atoms with Gasteiger partial charge in [-0.15, -0.1) is 0 Å². The largest absolute Gasteiger partial charge is 0.496 e. The summed E-state index contributed by atoms with van der Waals surface area (Å²) < 4.78 is 11.0. The summed E-state index contributed by atoms with van der Waals surface area (Å²) >= 11 is 5.87. The van der Waals surface area contributed by atoms with Crippen LogP contribution in [0.25, 0.3) is 0 Å². The van der Waals surface area contributed by atoms with Gasteiger partial charge in [0.1, 0.15) is 11.5 Å². The fraction of sp³-hybridized carbons (Fsp3) is 0.200. The number of nitrogens with one attached hydrogen (secondary N) is 3. The number of hydrogen-bond donors (Lipinski definition) is 3. The average Bonchev–Trinajstić information content (AvgIpc) is 3.23. The van der Waals surface area contributed by atoms with Gasteiger partial charge in [0.25, 0.3) is 11.8 Å². The van der Waals surface area contributed by atoms with Crippen LogP contribution in [0, 0.1) is 6.92 Å². The van der Waals surface area contributed by atoms with E-state index < -0.39 is 11.8 Å². The molecular formula is C25H23ClN4O5. The van der Waals surface area contributed by atoms with Gasteiger partial charge in [0, 0.05) is 28.1 Å². The summed E-state index contributed by atoms with van der Waals surface area (Å²) in [6, 6.07) is 13.1. The van der Waals surface area contributed by atoms with Gasteiger partial charge in [-0.05, 0) is 56.2 Å². The number of hydrazone groups is 1. The molecular weight excluding hydrogens is 472 g/mol. The van der Waals surface area contributed by atoms with E-state index >= 15 is 0 Å². The third-order valence-corrected chi connectivity index (χ3v) is 5.82. The smallest absolute Gasteiger partial charge is 0.305 e. The Bertz CT molecular complexity index is 1310. The third kappa shape index (κ3) is 5.20. The second-order valence-corrected chi connectivity index (χ2v) is 8.26. The lowest BCUT2D eigenvalue weighted by atomic mass is 9.93. The third-order valence-electron chi connectivity index (χ3n) is 5.57. The van der Waals surface area contributed by atoms with Crippen LogP contribution in [0.2, 0.25) is 5.02 Å². The minimum absolute atomic E-state index is 0.0638. The molecule has 35 heavy (non-hydrogen) atoms. The number of para-hydroxylation sites is 1. The molecule has 3 N–H and O–H groups in total. The Balaban J connectivity index is 1.48. The molecule has 0 spiro atoms. The Labute approximate surface area is 206 Å². The first-order chi connectivity index (χ1) is 16.9. The Kier molecular flexibility index (Phi) is 7.17. The SMILES string of the molecule is COc1ccccc1C(=O)NNC(=O)c1oc2c(c1C)/C(=N/NC(=O)c1ccc(Cl)cc1)CCC2. The number of fused-ring (bicyclic) bond motifs is 1. The van der Waals surface area contributed by atoms with E-state index in [2.05, 4.69) is 21.4 Å². The van der Waals surface area contributed by atoms with Crippen molar-refractivity contribution in [3.63, 3.8) is 0 Å². The highest BCUT2D eigenvalue weighted by atomic mass is 35.5. The minimum Gasteiger partial charge on any atom is -0.496 e. The number of rotatable bonds is 5. The van der Waals surface area contributed by atoms with Gasteiger partial charge in [0.05, 0.1) is 18.4 Å². The van der Waals surface area contributed by atoms with Crippen molar-refractivity contribution in [3.8, 4) is 5.75 Å². The number of hydrazine groups is 1. The summed E-state index contributed by atoms with van der Waals surface area (Å²) in [5, 5.41) is 4.83. The van der Waals surface area contributed by atoms with Crippen LogP contribution in [-0.2, 0) is 6.42 Å². The quantitative estimate of drug-likeness (QED) is 0.466. The summed E-state index contributed by atoms with van der Waals surface area (Å²) in [4.78, 5) is 37.7. The van der Waals surface area contributed by atoms with Gasteiger partial charge in [0.2, 0.25) is 0 Å². The second-order valence-electron chi connectivity index (χ2n) is 7.82. The highest BCUT2D eigenvalue weighted by Gasteiger charge is 2.28. The zero-order valence-corrected chi connectivity index (χ0v) is 19.9. The maximum atomic E-state index is 12.8. The molecule has 2 aromatic carbocycles. The molecule has 0 fully saturated rings. The first kappa shape index (κ1) is 24.0. The molecule has 0 saturated heterocycles. The number of amides is 3. The molecule has 3 amide bonds. The van der Waals surface area contributed by atoms with Crippen molar-refractivity contribution in [3.05, 3.63) is 87.3 Å². The Morgan fingerprint density at radius 1 is 0.971 bits per heavy atom. The molecule has 1 aromatic heterocycles. The molecule has 0 radical (unpaired) electrons. The van der Waals surface area contributed by atoms with Gasteiger partial charge >= 0.3 is 5.91 Å².